The van der Waals surface area contributed by atoms with E-state index in [9.17, 15) is 4.79 Å². The predicted molar refractivity (Wildman–Crippen MR) is 83.2 cm³/mol. The number of hydrogen-bond acceptors (Lipinski definition) is 5. The molecule has 6 heteroatoms. The summed E-state index contributed by atoms with van der Waals surface area (Å²) in [5.41, 5.74) is 6.82. The highest BCUT2D eigenvalue weighted by molar-refractivity contribution is 7.99. The standard InChI is InChI=1S/C15H15N3O2S/c1-2-21-13-8-4-3-7-12(13)15(19)20-18-14(16)11-6-5-9-17-10-11/h3-10H,2H2,1H3,(H2,16,18). The van der Waals surface area contributed by atoms with E-state index in [4.69, 9.17) is 10.6 Å². The Hall–Kier alpha value is -2.34. The lowest BCUT2D eigenvalue weighted by Gasteiger charge is -2.05. The molecule has 0 saturated carbocycles. The van der Waals surface area contributed by atoms with Crippen molar-refractivity contribution < 1.29 is 9.63 Å². The quantitative estimate of drug-likeness (QED) is 0.302. The third-order valence-electron chi connectivity index (χ3n) is 2.59. The van der Waals surface area contributed by atoms with Gasteiger partial charge in [-0.1, -0.05) is 24.2 Å². The zero-order valence-electron chi connectivity index (χ0n) is 11.5. The number of hydrogen-bond donors (Lipinski definition) is 1. The van der Waals surface area contributed by atoms with Crippen LogP contribution in [0.5, 0.6) is 0 Å². The topological polar surface area (TPSA) is 77.6 Å². The van der Waals surface area contributed by atoms with E-state index in [1.165, 1.54) is 0 Å². The SMILES string of the molecule is CCSc1ccccc1C(=O)O/N=C(/N)c1cccnc1. The predicted octanol–water partition coefficient (Wildman–Crippen LogP) is 2.67. The number of amidine groups is 1. The van der Waals surface area contributed by atoms with Crippen LogP contribution in [0.15, 0.2) is 58.8 Å². The minimum Gasteiger partial charge on any atom is -0.380 e. The number of carbonyl (C=O) groups excluding carboxylic acids is 1. The number of carbonyl (C=O) groups is 1. The smallest absolute Gasteiger partial charge is 0.366 e. The Bertz CT molecular complexity index is 644. The molecule has 1 aromatic carbocycles. The Morgan fingerprint density at radius 3 is 2.86 bits per heavy atom. The summed E-state index contributed by atoms with van der Waals surface area (Å²) in [4.78, 5) is 21.8. The lowest BCUT2D eigenvalue weighted by Crippen LogP contribution is -2.15. The van der Waals surface area contributed by atoms with Crippen molar-refractivity contribution in [1.29, 1.82) is 0 Å². The van der Waals surface area contributed by atoms with E-state index in [-0.39, 0.29) is 5.84 Å². The molecule has 0 atom stereocenters. The summed E-state index contributed by atoms with van der Waals surface area (Å²) in [7, 11) is 0. The maximum atomic E-state index is 12.1. The van der Waals surface area contributed by atoms with E-state index in [1.807, 2.05) is 19.1 Å². The molecule has 0 amide bonds. The van der Waals surface area contributed by atoms with Crippen molar-refractivity contribution >= 4 is 23.6 Å². The van der Waals surface area contributed by atoms with Gasteiger partial charge in [0.15, 0.2) is 5.84 Å². The van der Waals surface area contributed by atoms with Crippen LogP contribution in [0.3, 0.4) is 0 Å². The lowest BCUT2D eigenvalue weighted by molar-refractivity contribution is 0.0512. The first-order chi connectivity index (χ1) is 10.2. The molecule has 0 saturated heterocycles. The molecule has 5 nitrogen and oxygen atoms in total. The third kappa shape index (κ3) is 4.06. The van der Waals surface area contributed by atoms with E-state index < -0.39 is 5.97 Å². The number of aromatic nitrogens is 1. The van der Waals surface area contributed by atoms with Crippen LogP contribution >= 0.6 is 11.8 Å². The van der Waals surface area contributed by atoms with Gasteiger partial charge in [0.1, 0.15) is 0 Å². The molecule has 0 fully saturated rings. The molecule has 0 aliphatic carbocycles. The number of thioether (sulfide) groups is 1. The summed E-state index contributed by atoms with van der Waals surface area (Å²) < 4.78 is 0. The monoisotopic (exact) mass is 301 g/mol. The van der Waals surface area contributed by atoms with Gasteiger partial charge in [0.2, 0.25) is 0 Å². The van der Waals surface area contributed by atoms with Gasteiger partial charge in [0.05, 0.1) is 5.56 Å². The second kappa shape index (κ2) is 7.44. The summed E-state index contributed by atoms with van der Waals surface area (Å²) in [6.45, 7) is 2.02. The van der Waals surface area contributed by atoms with Crippen molar-refractivity contribution in [2.75, 3.05) is 5.75 Å². The van der Waals surface area contributed by atoms with Crippen LogP contribution in [0.4, 0.5) is 0 Å². The lowest BCUT2D eigenvalue weighted by atomic mass is 10.2. The maximum absolute atomic E-state index is 12.1. The van der Waals surface area contributed by atoms with E-state index >= 15 is 0 Å². The van der Waals surface area contributed by atoms with Gasteiger partial charge in [-0.25, -0.2) is 4.79 Å². The van der Waals surface area contributed by atoms with Gasteiger partial charge in [-0.2, -0.15) is 0 Å². The molecule has 21 heavy (non-hydrogen) atoms. The first-order valence-electron chi connectivity index (χ1n) is 6.39. The molecule has 0 aliphatic rings. The maximum Gasteiger partial charge on any atom is 0.366 e. The van der Waals surface area contributed by atoms with Crippen molar-refractivity contribution in [2.45, 2.75) is 11.8 Å². The van der Waals surface area contributed by atoms with E-state index in [2.05, 4.69) is 10.1 Å². The molecule has 0 aliphatic heterocycles. The van der Waals surface area contributed by atoms with Crippen molar-refractivity contribution in [3.63, 3.8) is 0 Å². The first kappa shape index (κ1) is 15.1. The summed E-state index contributed by atoms with van der Waals surface area (Å²) >= 11 is 1.57. The van der Waals surface area contributed by atoms with Crippen molar-refractivity contribution in [2.24, 2.45) is 10.9 Å². The van der Waals surface area contributed by atoms with Crippen LogP contribution in [0.2, 0.25) is 0 Å². The van der Waals surface area contributed by atoms with E-state index in [0.717, 1.165) is 10.6 Å². The molecule has 0 radical (unpaired) electrons. The van der Waals surface area contributed by atoms with Gasteiger partial charge in [-0.05, 0) is 30.0 Å². The molecular formula is C15H15N3O2S. The number of rotatable bonds is 5. The normalized spacial score (nSPS) is 11.2. The molecule has 0 unspecified atom stereocenters. The molecule has 108 valence electrons. The Morgan fingerprint density at radius 2 is 2.14 bits per heavy atom. The Labute approximate surface area is 127 Å². The van der Waals surface area contributed by atoms with Gasteiger partial charge in [0, 0.05) is 22.9 Å². The van der Waals surface area contributed by atoms with Crippen LogP contribution in [0.25, 0.3) is 0 Å². The van der Waals surface area contributed by atoms with Gasteiger partial charge in [-0.15, -0.1) is 11.8 Å². The molecule has 0 bridgehead atoms. The highest BCUT2D eigenvalue weighted by Crippen LogP contribution is 2.22. The Morgan fingerprint density at radius 1 is 1.33 bits per heavy atom. The zero-order valence-corrected chi connectivity index (χ0v) is 12.3. The summed E-state index contributed by atoms with van der Waals surface area (Å²) in [5.74, 6) is 0.446. The molecule has 2 aromatic rings. The van der Waals surface area contributed by atoms with E-state index in [1.54, 1.807) is 48.4 Å². The molecule has 2 N–H and O–H groups in total. The van der Waals surface area contributed by atoms with Crippen molar-refractivity contribution in [3.8, 4) is 0 Å². The number of nitrogens with two attached hydrogens (primary N) is 1. The largest absolute Gasteiger partial charge is 0.380 e. The van der Waals surface area contributed by atoms with Gasteiger partial charge < -0.3 is 10.6 Å². The number of pyridine rings is 1. The molecule has 2 rings (SSSR count). The van der Waals surface area contributed by atoms with Crippen LogP contribution in [0, 0.1) is 0 Å². The minimum absolute atomic E-state index is 0.108. The molecule has 1 aromatic heterocycles. The van der Waals surface area contributed by atoms with Gasteiger partial charge >= 0.3 is 5.97 Å². The average molecular weight is 301 g/mol. The van der Waals surface area contributed by atoms with Crippen molar-refractivity contribution in [3.05, 3.63) is 59.9 Å². The highest BCUT2D eigenvalue weighted by Gasteiger charge is 2.13. The first-order valence-corrected chi connectivity index (χ1v) is 7.38. The van der Waals surface area contributed by atoms with Crippen LogP contribution < -0.4 is 5.73 Å². The second-order valence-corrected chi connectivity index (χ2v) is 5.33. The highest BCUT2D eigenvalue weighted by atomic mass is 32.2. The third-order valence-corrected chi connectivity index (χ3v) is 3.55. The number of benzene rings is 1. The second-order valence-electron chi connectivity index (χ2n) is 4.03. The number of nitrogens with zero attached hydrogens (tertiary/aromatic N) is 2. The fraction of sp³-hybridized carbons (Fsp3) is 0.133. The van der Waals surface area contributed by atoms with Gasteiger partial charge in [-0.3, -0.25) is 4.98 Å². The Balaban J connectivity index is 2.12. The minimum atomic E-state index is -0.529. The molecular weight excluding hydrogens is 286 g/mol. The number of oxime groups is 1. The zero-order chi connectivity index (χ0) is 15.1. The van der Waals surface area contributed by atoms with Crippen LogP contribution in [0.1, 0.15) is 22.8 Å². The fourth-order valence-electron chi connectivity index (χ4n) is 1.62. The summed E-state index contributed by atoms with van der Waals surface area (Å²) in [6, 6.07) is 10.7. The van der Waals surface area contributed by atoms with Crippen molar-refractivity contribution in [1.82, 2.24) is 4.98 Å². The average Bonchev–Trinajstić information content (AvgIpc) is 2.54. The molecule has 0 spiro atoms. The molecule has 1 heterocycles. The van der Waals surface area contributed by atoms with Crippen LogP contribution in [-0.4, -0.2) is 22.5 Å². The fourth-order valence-corrected chi connectivity index (χ4v) is 2.42. The summed E-state index contributed by atoms with van der Waals surface area (Å²) in [5, 5.41) is 3.67. The van der Waals surface area contributed by atoms with E-state index in [0.29, 0.717) is 11.1 Å². The van der Waals surface area contributed by atoms with Crippen LogP contribution in [-0.2, 0) is 4.84 Å². The summed E-state index contributed by atoms with van der Waals surface area (Å²) in [6.07, 6.45) is 3.18. The Kier molecular flexibility index (Phi) is 5.34. The van der Waals surface area contributed by atoms with Gasteiger partial charge in [0.25, 0.3) is 0 Å².